The molecular formula is C19H18FN3O2S. The molecule has 26 heavy (non-hydrogen) atoms. The van der Waals surface area contributed by atoms with Crippen molar-refractivity contribution in [3.05, 3.63) is 59.4 Å². The molecule has 0 radical (unpaired) electrons. The zero-order valence-corrected chi connectivity index (χ0v) is 15.4. The van der Waals surface area contributed by atoms with Gasteiger partial charge in [-0.25, -0.2) is 4.39 Å². The number of benzene rings is 2. The predicted octanol–water partition coefficient (Wildman–Crippen LogP) is 4.37. The van der Waals surface area contributed by atoms with Crippen molar-refractivity contribution in [3.8, 4) is 17.1 Å². The van der Waals surface area contributed by atoms with Crippen LogP contribution in [0, 0.1) is 19.7 Å². The van der Waals surface area contributed by atoms with Crippen molar-refractivity contribution >= 4 is 22.6 Å². The van der Waals surface area contributed by atoms with E-state index in [2.05, 4.69) is 14.7 Å². The van der Waals surface area contributed by atoms with Crippen LogP contribution in [0.25, 0.3) is 11.4 Å². The third-order valence-corrected chi connectivity index (χ3v) is 4.62. The Kier molecular flexibility index (Phi) is 5.27. The van der Waals surface area contributed by atoms with Gasteiger partial charge in [-0.2, -0.15) is 9.36 Å². The van der Waals surface area contributed by atoms with Gasteiger partial charge in [-0.15, -0.1) is 0 Å². The van der Waals surface area contributed by atoms with Crippen molar-refractivity contribution in [2.45, 2.75) is 26.9 Å². The lowest BCUT2D eigenvalue weighted by atomic mass is 10.1. The lowest BCUT2D eigenvalue weighted by molar-refractivity contribution is -0.122. The Balaban J connectivity index is 1.66. The maximum Gasteiger partial charge on any atom is 0.266 e. The molecule has 1 heterocycles. The molecule has 1 aromatic heterocycles. The summed E-state index contributed by atoms with van der Waals surface area (Å²) in [5.74, 6) is 0.480. The summed E-state index contributed by atoms with van der Waals surface area (Å²) in [4.78, 5) is 16.6. The molecule has 1 N–H and O–H groups in total. The molecule has 0 fully saturated rings. The molecule has 0 bridgehead atoms. The van der Waals surface area contributed by atoms with E-state index in [0.29, 0.717) is 22.3 Å². The fraction of sp³-hybridized carbons (Fsp3) is 0.211. The zero-order chi connectivity index (χ0) is 18.7. The van der Waals surface area contributed by atoms with Gasteiger partial charge in [0.15, 0.2) is 11.9 Å². The zero-order valence-electron chi connectivity index (χ0n) is 14.6. The second kappa shape index (κ2) is 7.61. The van der Waals surface area contributed by atoms with Gasteiger partial charge >= 0.3 is 0 Å². The molecule has 134 valence electrons. The Bertz CT molecular complexity index is 925. The molecule has 3 aromatic rings. The average molecular weight is 371 g/mol. The molecule has 0 aliphatic heterocycles. The van der Waals surface area contributed by atoms with Gasteiger partial charge < -0.3 is 4.74 Å². The van der Waals surface area contributed by atoms with Crippen molar-refractivity contribution in [1.82, 2.24) is 9.36 Å². The fourth-order valence-electron chi connectivity index (χ4n) is 2.29. The number of halogens is 1. The molecule has 0 unspecified atom stereocenters. The Labute approximate surface area is 155 Å². The van der Waals surface area contributed by atoms with Gasteiger partial charge in [0, 0.05) is 17.1 Å². The topological polar surface area (TPSA) is 64.1 Å². The van der Waals surface area contributed by atoms with Crippen LogP contribution in [0.1, 0.15) is 18.1 Å². The first kappa shape index (κ1) is 18.0. The summed E-state index contributed by atoms with van der Waals surface area (Å²) in [5.41, 5.74) is 2.78. The van der Waals surface area contributed by atoms with Gasteiger partial charge in [-0.1, -0.05) is 12.1 Å². The number of ether oxygens (including phenoxy) is 1. The van der Waals surface area contributed by atoms with Gasteiger partial charge in [0.05, 0.1) is 0 Å². The number of aryl methyl sites for hydroxylation is 1. The van der Waals surface area contributed by atoms with Crippen LogP contribution >= 0.6 is 11.5 Å². The summed E-state index contributed by atoms with van der Waals surface area (Å²) >= 11 is 1.06. The van der Waals surface area contributed by atoms with Crippen molar-refractivity contribution in [2.24, 2.45) is 0 Å². The Hall–Kier alpha value is -2.80. The van der Waals surface area contributed by atoms with Crippen molar-refractivity contribution < 1.29 is 13.9 Å². The summed E-state index contributed by atoms with van der Waals surface area (Å²) in [7, 11) is 0. The molecule has 2 aromatic carbocycles. The van der Waals surface area contributed by atoms with E-state index in [0.717, 1.165) is 22.7 Å². The Morgan fingerprint density at radius 1 is 1.19 bits per heavy atom. The van der Waals surface area contributed by atoms with E-state index in [1.165, 1.54) is 12.1 Å². The van der Waals surface area contributed by atoms with Crippen LogP contribution in [-0.2, 0) is 4.79 Å². The van der Waals surface area contributed by atoms with Gasteiger partial charge in [0.25, 0.3) is 5.91 Å². The third kappa shape index (κ3) is 4.05. The molecule has 1 atom stereocenters. The van der Waals surface area contributed by atoms with Crippen molar-refractivity contribution in [2.75, 3.05) is 5.32 Å². The van der Waals surface area contributed by atoms with E-state index < -0.39 is 6.10 Å². The number of rotatable bonds is 5. The highest BCUT2D eigenvalue weighted by molar-refractivity contribution is 7.10. The smallest absolute Gasteiger partial charge is 0.266 e. The predicted molar refractivity (Wildman–Crippen MR) is 99.9 cm³/mol. The molecule has 0 saturated carbocycles. The lowest BCUT2D eigenvalue weighted by Gasteiger charge is -2.16. The van der Waals surface area contributed by atoms with E-state index >= 15 is 0 Å². The summed E-state index contributed by atoms with van der Waals surface area (Å²) in [6.45, 7) is 5.62. The second-order valence-corrected chi connectivity index (χ2v) is 6.63. The van der Waals surface area contributed by atoms with E-state index in [1.54, 1.807) is 19.1 Å². The number of hydrogen-bond acceptors (Lipinski definition) is 5. The van der Waals surface area contributed by atoms with Gasteiger partial charge in [-0.05, 0) is 62.2 Å². The van der Waals surface area contributed by atoms with Gasteiger partial charge in [-0.3, -0.25) is 10.1 Å². The number of amides is 1. The van der Waals surface area contributed by atoms with Crippen LogP contribution in [0.15, 0.2) is 42.5 Å². The maximum absolute atomic E-state index is 13.0. The quantitative estimate of drug-likeness (QED) is 0.723. The number of nitrogens with zero attached hydrogens (tertiary/aromatic N) is 2. The first-order chi connectivity index (χ1) is 12.4. The largest absolute Gasteiger partial charge is 0.481 e. The van der Waals surface area contributed by atoms with E-state index in [1.807, 2.05) is 32.0 Å². The standard InChI is InChI=1S/C19H18FN3O2S/c1-11-5-4-6-16(12(11)2)25-13(3)18(24)22-19-21-17(23-26-19)14-7-9-15(20)10-8-14/h4-10,13H,1-3H3,(H,21,22,23,24)/t13-/m1/s1. The minimum Gasteiger partial charge on any atom is -0.481 e. The van der Waals surface area contributed by atoms with Gasteiger partial charge in [0.1, 0.15) is 11.6 Å². The first-order valence-corrected chi connectivity index (χ1v) is 8.85. The molecule has 3 rings (SSSR count). The normalized spacial score (nSPS) is 11.8. The Morgan fingerprint density at radius 2 is 1.92 bits per heavy atom. The SMILES string of the molecule is Cc1cccc(O[C@H](C)C(=O)Nc2nc(-c3ccc(F)cc3)ns2)c1C. The number of hydrogen-bond donors (Lipinski definition) is 1. The van der Waals surface area contributed by atoms with E-state index in [4.69, 9.17) is 4.74 Å². The van der Waals surface area contributed by atoms with Crippen molar-refractivity contribution in [3.63, 3.8) is 0 Å². The maximum atomic E-state index is 13.0. The molecule has 0 aliphatic rings. The first-order valence-electron chi connectivity index (χ1n) is 8.07. The highest BCUT2D eigenvalue weighted by atomic mass is 32.1. The van der Waals surface area contributed by atoms with E-state index in [9.17, 15) is 9.18 Å². The molecule has 7 heteroatoms. The minimum atomic E-state index is -0.686. The van der Waals surface area contributed by atoms with Crippen LogP contribution in [-0.4, -0.2) is 21.4 Å². The molecule has 0 saturated heterocycles. The Morgan fingerprint density at radius 3 is 2.65 bits per heavy atom. The number of aromatic nitrogens is 2. The number of nitrogens with one attached hydrogen (secondary N) is 1. The number of anilines is 1. The van der Waals surface area contributed by atoms with E-state index in [-0.39, 0.29) is 11.7 Å². The lowest BCUT2D eigenvalue weighted by Crippen LogP contribution is -2.30. The molecule has 1 amide bonds. The van der Waals surface area contributed by atoms with Crippen LogP contribution in [0.4, 0.5) is 9.52 Å². The van der Waals surface area contributed by atoms with Crippen LogP contribution in [0.5, 0.6) is 5.75 Å². The highest BCUT2D eigenvalue weighted by Crippen LogP contribution is 2.23. The molecule has 5 nitrogen and oxygen atoms in total. The average Bonchev–Trinajstić information content (AvgIpc) is 3.08. The summed E-state index contributed by atoms with van der Waals surface area (Å²) in [5, 5.41) is 3.07. The highest BCUT2D eigenvalue weighted by Gasteiger charge is 2.18. The third-order valence-electron chi connectivity index (χ3n) is 3.99. The second-order valence-electron chi connectivity index (χ2n) is 5.88. The summed E-state index contributed by atoms with van der Waals surface area (Å²) in [6.07, 6.45) is -0.686. The molecule has 0 spiro atoms. The van der Waals surface area contributed by atoms with Crippen LogP contribution in [0.3, 0.4) is 0 Å². The van der Waals surface area contributed by atoms with Gasteiger partial charge in [0.2, 0.25) is 5.13 Å². The summed E-state index contributed by atoms with van der Waals surface area (Å²) in [6, 6.07) is 11.6. The fourth-order valence-corrected chi connectivity index (χ4v) is 2.89. The minimum absolute atomic E-state index is 0.312. The molecule has 0 aliphatic carbocycles. The summed E-state index contributed by atoms with van der Waals surface area (Å²) < 4.78 is 22.9. The number of carbonyl (C=O) groups excluding carboxylic acids is 1. The number of carbonyl (C=O) groups is 1. The van der Waals surface area contributed by atoms with Crippen molar-refractivity contribution in [1.29, 1.82) is 0 Å². The molecular weight excluding hydrogens is 353 g/mol. The van der Waals surface area contributed by atoms with Crippen LogP contribution in [0.2, 0.25) is 0 Å². The monoisotopic (exact) mass is 371 g/mol. The van der Waals surface area contributed by atoms with Crippen LogP contribution < -0.4 is 10.1 Å².